The van der Waals surface area contributed by atoms with Crippen LogP contribution in [0.5, 0.6) is 0 Å². The van der Waals surface area contributed by atoms with E-state index in [-0.39, 0.29) is 11.6 Å². The summed E-state index contributed by atoms with van der Waals surface area (Å²) in [7, 11) is 0. The van der Waals surface area contributed by atoms with Crippen molar-refractivity contribution in [1.29, 1.82) is 0 Å². The van der Waals surface area contributed by atoms with Crippen LogP contribution >= 0.6 is 0 Å². The quantitative estimate of drug-likeness (QED) is 0.714. The summed E-state index contributed by atoms with van der Waals surface area (Å²) in [5.74, 6) is 0.410. The lowest BCUT2D eigenvalue weighted by molar-refractivity contribution is -0.159. The van der Waals surface area contributed by atoms with Gasteiger partial charge in [0.15, 0.2) is 0 Å². The number of carbonyl (C=O) groups is 1. The highest BCUT2D eigenvalue weighted by atomic mass is 19.1. The Hall–Kier alpha value is -1.12. The van der Waals surface area contributed by atoms with Gasteiger partial charge in [-0.2, -0.15) is 0 Å². The summed E-state index contributed by atoms with van der Waals surface area (Å²) in [6.07, 6.45) is 9.40. The summed E-state index contributed by atoms with van der Waals surface area (Å²) in [5, 5.41) is 0. The summed E-state index contributed by atoms with van der Waals surface area (Å²) >= 11 is 0. The van der Waals surface area contributed by atoms with Gasteiger partial charge in [0, 0.05) is 11.5 Å². The zero-order valence-corrected chi connectivity index (χ0v) is 12.5. The Morgan fingerprint density at radius 1 is 1.40 bits per heavy atom. The minimum Gasteiger partial charge on any atom is -0.456 e. The molecule has 5 unspecified atom stereocenters. The zero-order valence-electron chi connectivity index (χ0n) is 12.5. The van der Waals surface area contributed by atoms with Crippen LogP contribution in [0.3, 0.4) is 0 Å². The van der Waals surface area contributed by atoms with Crippen LogP contribution in [0, 0.1) is 17.8 Å². The molecule has 0 N–H and O–H groups in total. The van der Waals surface area contributed by atoms with Gasteiger partial charge in [0.2, 0.25) is 0 Å². The fourth-order valence-electron chi connectivity index (χ4n) is 4.13. The van der Waals surface area contributed by atoms with Crippen molar-refractivity contribution in [2.75, 3.05) is 0 Å². The lowest BCUT2D eigenvalue weighted by Gasteiger charge is -2.36. The summed E-state index contributed by atoms with van der Waals surface area (Å²) in [6, 6.07) is 0. The summed E-state index contributed by atoms with van der Waals surface area (Å²) in [4.78, 5) is 12.4. The molecule has 3 rings (SSSR count). The molecule has 0 amide bonds. The molecule has 0 aliphatic heterocycles. The molecule has 5 atom stereocenters. The molecule has 2 saturated carbocycles. The lowest BCUT2D eigenvalue weighted by Crippen LogP contribution is -2.40. The van der Waals surface area contributed by atoms with Gasteiger partial charge in [-0.15, -0.1) is 0 Å². The van der Waals surface area contributed by atoms with Crippen molar-refractivity contribution >= 4 is 5.97 Å². The van der Waals surface area contributed by atoms with E-state index in [1.165, 1.54) is 25.8 Å². The second-order valence-corrected chi connectivity index (χ2v) is 7.14. The monoisotopic (exact) mass is 278 g/mol. The number of carbonyl (C=O) groups excluding carboxylic acids is 1. The van der Waals surface area contributed by atoms with Gasteiger partial charge < -0.3 is 4.74 Å². The van der Waals surface area contributed by atoms with Crippen molar-refractivity contribution in [3.63, 3.8) is 0 Å². The largest absolute Gasteiger partial charge is 0.456 e. The van der Waals surface area contributed by atoms with Gasteiger partial charge in [0.1, 0.15) is 11.3 Å². The van der Waals surface area contributed by atoms with Crippen LogP contribution in [0.2, 0.25) is 0 Å². The van der Waals surface area contributed by atoms with E-state index in [2.05, 4.69) is 0 Å². The molecule has 0 radical (unpaired) electrons. The van der Waals surface area contributed by atoms with E-state index in [1.54, 1.807) is 19.1 Å². The maximum absolute atomic E-state index is 14.3. The first-order valence-electron chi connectivity index (χ1n) is 7.63. The fraction of sp³-hybridized carbons (Fsp3) is 0.706. The second-order valence-electron chi connectivity index (χ2n) is 7.14. The van der Waals surface area contributed by atoms with Crippen LogP contribution in [0.15, 0.2) is 23.8 Å². The fourth-order valence-corrected chi connectivity index (χ4v) is 4.13. The standard InChI is InChI=1S/C17H23FO2/c1-11-14(5-4-8-16(11,2)18)15(19)20-17(3)10-12-6-7-13(17)9-12/h4-5,8,11-13H,6-7,9-10H2,1-3H3. The van der Waals surface area contributed by atoms with Gasteiger partial charge in [-0.3, -0.25) is 0 Å². The number of rotatable bonds is 2. The van der Waals surface area contributed by atoms with Crippen LogP contribution in [-0.2, 0) is 9.53 Å². The van der Waals surface area contributed by atoms with E-state index >= 15 is 0 Å². The minimum atomic E-state index is -1.47. The molecule has 3 aliphatic rings. The molecule has 3 heteroatoms. The van der Waals surface area contributed by atoms with Gasteiger partial charge in [0.05, 0.1) is 0 Å². The number of halogens is 1. The molecule has 0 aromatic heterocycles. The highest BCUT2D eigenvalue weighted by molar-refractivity contribution is 5.90. The third kappa shape index (κ3) is 2.11. The zero-order chi connectivity index (χ0) is 14.5. The molecule has 0 saturated heterocycles. The number of allylic oxidation sites excluding steroid dienone is 3. The van der Waals surface area contributed by atoms with Gasteiger partial charge in [-0.25, -0.2) is 9.18 Å². The van der Waals surface area contributed by atoms with E-state index in [0.717, 1.165) is 12.8 Å². The summed E-state index contributed by atoms with van der Waals surface area (Å²) in [6.45, 7) is 5.31. The molecule has 3 aliphatic carbocycles. The van der Waals surface area contributed by atoms with Gasteiger partial charge in [0.25, 0.3) is 0 Å². The normalized spacial score (nSPS) is 46.4. The number of fused-ring (bicyclic) bond motifs is 2. The summed E-state index contributed by atoms with van der Waals surface area (Å²) < 4.78 is 20.1. The van der Waals surface area contributed by atoms with Crippen molar-refractivity contribution in [2.24, 2.45) is 17.8 Å². The Balaban J connectivity index is 1.74. The highest BCUT2D eigenvalue weighted by Crippen LogP contribution is 2.52. The van der Waals surface area contributed by atoms with Crippen molar-refractivity contribution in [3.8, 4) is 0 Å². The van der Waals surface area contributed by atoms with Gasteiger partial charge >= 0.3 is 5.97 Å². The Bertz CT molecular complexity index is 491. The number of ether oxygens (including phenoxy) is 1. The van der Waals surface area contributed by atoms with E-state index in [1.807, 2.05) is 6.92 Å². The van der Waals surface area contributed by atoms with Crippen LogP contribution in [-0.4, -0.2) is 17.2 Å². The molecule has 0 aromatic rings. The molecule has 2 nitrogen and oxygen atoms in total. The Morgan fingerprint density at radius 3 is 2.75 bits per heavy atom. The van der Waals surface area contributed by atoms with Crippen molar-refractivity contribution in [2.45, 2.75) is 57.7 Å². The predicted molar refractivity (Wildman–Crippen MR) is 75.8 cm³/mol. The van der Waals surface area contributed by atoms with E-state index in [9.17, 15) is 9.18 Å². The van der Waals surface area contributed by atoms with Crippen molar-refractivity contribution in [3.05, 3.63) is 23.8 Å². The minimum absolute atomic E-state index is 0.333. The number of hydrogen-bond acceptors (Lipinski definition) is 2. The molecule has 0 aromatic carbocycles. The highest BCUT2D eigenvalue weighted by Gasteiger charge is 2.51. The molecular weight excluding hydrogens is 255 g/mol. The third-order valence-electron chi connectivity index (χ3n) is 5.67. The van der Waals surface area contributed by atoms with Crippen molar-refractivity contribution < 1.29 is 13.9 Å². The van der Waals surface area contributed by atoms with Crippen LogP contribution < -0.4 is 0 Å². The van der Waals surface area contributed by atoms with Crippen LogP contribution in [0.25, 0.3) is 0 Å². The van der Waals surface area contributed by atoms with E-state index in [4.69, 9.17) is 4.74 Å². The molecule has 110 valence electrons. The van der Waals surface area contributed by atoms with Gasteiger partial charge in [-0.05, 0) is 57.4 Å². The molecule has 2 fully saturated rings. The molecule has 20 heavy (non-hydrogen) atoms. The van der Waals surface area contributed by atoms with Crippen molar-refractivity contribution in [1.82, 2.24) is 0 Å². The molecular formula is C17H23FO2. The molecule has 0 spiro atoms. The lowest BCUT2D eigenvalue weighted by atomic mass is 9.81. The van der Waals surface area contributed by atoms with E-state index in [0.29, 0.717) is 17.4 Å². The Morgan fingerprint density at radius 2 is 2.15 bits per heavy atom. The second kappa shape index (κ2) is 4.44. The smallest absolute Gasteiger partial charge is 0.334 e. The average molecular weight is 278 g/mol. The Kier molecular flexibility index (Phi) is 3.07. The van der Waals surface area contributed by atoms with Gasteiger partial charge in [-0.1, -0.05) is 19.1 Å². The molecule has 0 heterocycles. The number of esters is 1. The predicted octanol–water partition coefficient (Wildman–Crippen LogP) is 3.97. The first-order valence-corrected chi connectivity index (χ1v) is 7.63. The maximum atomic E-state index is 14.3. The van der Waals surface area contributed by atoms with Crippen LogP contribution in [0.4, 0.5) is 4.39 Å². The molecule has 2 bridgehead atoms. The maximum Gasteiger partial charge on any atom is 0.334 e. The topological polar surface area (TPSA) is 26.3 Å². The van der Waals surface area contributed by atoms with Crippen LogP contribution in [0.1, 0.15) is 46.5 Å². The number of hydrogen-bond donors (Lipinski definition) is 0. The van der Waals surface area contributed by atoms with E-state index < -0.39 is 11.6 Å². The average Bonchev–Trinajstić information content (AvgIpc) is 2.92. The Labute approximate surface area is 120 Å². The first-order chi connectivity index (χ1) is 9.32. The first kappa shape index (κ1) is 13.8. The SMILES string of the molecule is CC1C(C(=O)OC2(C)CC3CCC2C3)=CC=CC1(C)F. The summed E-state index contributed by atoms with van der Waals surface area (Å²) in [5.41, 5.74) is -1.35. The third-order valence-corrected chi connectivity index (χ3v) is 5.67. The number of alkyl halides is 1.